The lowest BCUT2D eigenvalue weighted by Crippen LogP contribution is -2.36. The average molecular weight is 372 g/mol. The summed E-state index contributed by atoms with van der Waals surface area (Å²) in [5.74, 6) is 0.195. The van der Waals surface area contributed by atoms with Gasteiger partial charge < -0.3 is 10.2 Å². The monoisotopic (exact) mass is 372 g/mol. The van der Waals surface area contributed by atoms with Crippen LogP contribution in [0.3, 0.4) is 0 Å². The van der Waals surface area contributed by atoms with E-state index in [9.17, 15) is 9.59 Å². The molecule has 1 aliphatic rings. The maximum atomic E-state index is 12.9. The van der Waals surface area contributed by atoms with Gasteiger partial charge >= 0.3 is 0 Å². The second-order valence-electron chi connectivity index (χ2n) is 6.77. The van der Waals surface area contributed by atoms with Gasteiger partial charge in [-0.05, 0) is 42.7 Å². The number of benzene rings is 2. The van der Waals surface area contributed by atoms with Crippen molar-refractivity contribution >= 4 is 23.3 Å². The second-order valence-corrected chi connectivity index (χ2v) is 6.77. The number of ketones is 1. The molecule has 0 unspecified atom stereocenters. The molecule has 0 saturated carbocycles. The minimum atomic E-state index is -0.113. The number of aromatic nitrogens is 2. The van der Waals surface area contributed by atoms with Gasteiger partial charge in [-0.25, -0.2) is 9.97 Å². The molecule has 6 nitrogen and oxygen atoms in total. The molecule has 2 aromatic carbocycles. The second kappa shape index (κ2) is 7.60. The van der Waals surface area contributed by atoms with E-state index in [1.807, 2.05) is 23.1 Å². The number of carbonyl (C=O) groups is 2. The highest BCUT2D eigenvalue weighted by Crippen LogP contribution is 2.20. The van der Waals surface area contributed by atoms with Crippen molar-refractivity contribution in [2.24, 2.45) is 0 Å². The van der Waals surface area contributed by atoms with Crippen LogP contribution in [0.15, 0.2) is 60.8 Å². The van der Waals surface area contributed by atoms with E-state index in [4.69, 9.17) is 0 Å². The third-order valence-electron chi connectivity index (χ3n) is 4.82. The molecule has 0 aliphatic carbocycles. The van der Waals surface area contributed by atoms with Crippen LogP contribution in [0.4, 0.5) is 11.6 Å². The van der Waals surface area contributed by atoms with Gasteiger partial charge in [0.15, 0.2) is 5.78 Å². The van der Waals surface area contributed by atoms with Crippen LogP contribution in [-0.4, -0.2) is 33.1 Å². The Hall–Kier alpha value is -3.54. The standard InChI is InChI=1S/C22H20N4O2/c1-15(27)17-7-4-8-19(13-17)24-22-23-11-9-20(25-22)21(28)26-12-10-16-5-2-3-6-18(16)14-26/h2-9,11,13H,10,12,14H2,1H3,(H,23,24,25). The molecule has 0 atom stereocenters. The minimum Gasteiger partial charge on any atom is -0.333 e. The van der Waals surface area contributed by atoms with E-state index >= 15 is 0 Å². The van der Waals surface area contributed by atoms with Crippen LogP contribution in [0.5, 0.6) is 0 Å². The van der Waals surface area contributed by atoms with E-state index in [0.717, 1.165) is 6.42 Å². The van der Waals surface area contributed by atoms with Crippen LogP contribution in [0.2, 0.25) is 0 Å². The zero-order valence-electron chi connectivity index (χ0n) is 15.6. The van der Waals surface area contributed by atoms with Crippen molar-refractivity contribution in [3.8, 4) is 0 Å². The smallest absolute Gasteiger partial charge is 0.272 e. The molecule has 6 heteroatoms. The van der Waals surface area contributed by atoms with Crippen LogP contribution in [0.1, 0.15) is 38.9 Å². The molecule has 1 aromatic heterocycles. The van der Waals surface area contributed by atoms with Gasteiger partial charge in [0.05, 0.1) is 0 Å². The quantitative estimate of drug-likeness (QED) is 0.708. The van der Waals surface area contributed by atoms with Gasteiger partial charge in [0.2, 0.25) is 5.95 Å². The Balaban J connectivity index is 1.52. The molecule has 0 fully saturated rings. The van der Waals surface area contributed by atoms with Gasteiger partial charge in [-0.3, -0.25) is 9.59 Å². The first-order valence-electron chi connectivity index (χ1n) is 9.17. The van der Waals surface area contributed by atoms with Crippen LogP contribution in [0.25, 0.3) is 0 Å². The van der Waals surface area contributed by atoms with Crippen molar-refractivity contribution in [1.82, 2.24) is 14.9 Å². The highest BCUT2D eigenvalue weighted by molar-refractivity contribution is 5.95. The highest BCUT2D eigenvalue weighted by atomic mass is 16.2. The number of fused-ring (bicyclic) bond motifs is 1. The number of nitrogens with zero attached hydrogens (tertiary/aromatic N) is 3. The number of anilines is 2. The van der Waals surface area contributed by atoms with Crippen LogP contribution >= 0.6 is 0 Å². The molecule has 2 heterocycles. The molecule has 1 aliphatic heterocycles. The Morgan fingerprint density at radius 1 is 1.04 bits per heavy atom. The Bertz CT molecular complexity index is 1050. The molecule has 0 radical (unpaired) electrons. The zero-order chi connectivity index (χ0) is 19.5. The number of carbonyl (C=O) groups excluding carboxylic acids is 2. The third-order valence-corrected chi connectivity index (χ3v) is 4.82. The molecule has 0 spiro atoms. The third kappa shape index (κ3) is 3.76. The summed E-state index contributed by atoms with van der Waals surface area (Å²) in [7, 11) is 0. The molecule has 1 N–H and O–H groups in total. The van der Waals surface area contributed by atoms with Gasteiger partial charge in [0, 0.05) is 30.5 Å². The minimum absolute atomic E-state index is 0.0149. The van der Waals surface area contributed by atoms with E-state index in [1.54, 1.807) is 30.5 Å². The Kier molecular flexibility index (Phi) is 4.85. The largest absolute Gasteiger partial charge is 0.333 e. The first kappa shape index (κ1) is 17.9. The predicted octanol–water partition coefficient (Wildman–Crippen LogP) is 3.62. The van der Waals surface area contributed by atoms with Crippen LogP contribution < -0.4 is 5.32 Å². The summed E-state index contributed by atoms with van der Waals surface area (Å²) in [6, 6.07) is 16.9. The summed E-state index contributed by atoms with van der Waals surface area (Å²) in [5, 5.41) is 3.07. The summed E-state index contributed by atoms with van der Waals surface area (Å²) in [5.41, 5.74) is 4.12. The molecule has 140 valence electrons. The zero-order valence-corrected chi connectivity index (χ0v) is 15.6. The number of hydrogen-bond donors (Lipinski definition) is 1. The number of nitrogens with one attached hydrogen (secondary N) is 1. The van der Waals surface area contributed by atoms with E-state index < -0.39 is 0 Å². The molecular formula is C22H20N4O2. The van der Waals surface area contributed by atoms with Crippen molar-refractivity contribution in [2.45, 2.75) is 19.9 Å². The summed E-state index contributed by atoms with van der Waals surface area (Å²) in [6.07, 6.45) is 2.41. The fourth-order valence-corrected chi connectivity index (χ4v) is 3.31. The molecule has 4 rings (SSSR count). The van der Waals surface area contributed by atoms with E-state index in [0.29, 0.717) is 36.0 Å². The van der Waals surface area contributed by atoms with Crippen molar-refractivity contribution in [3.63, 3.8) is 0 Å². The fourth-order valence-electron chi connectivity index (χ4n) is 3.31. The van der Waals surface area contributed by atoms with Crippen LogP contribution in [-0.2, 0) is 13.0 Å². The summed E-state index contributed by atoms with van der Waals surface area (Å²) in [4.78, 5) is 34.8. The van der Waals surface area contributed by atoms with Gasteiger partial charge in [-0.15, -0.1) is 0 Å². The molecule has 3 aromatic rings. The number of rotatable bonds is 4. The lowest BCUT2D eigenvalue weighted by atomic mass is 10.00. The van der Waals surface area contributed by atoms with Crippen molar-refractivity contribution < 1.29 is 9.59 Å². The lowest BCUT2D eigenvalue weighted by Gasteiger charge is -2.28. The topological polar surface area (TPSA) is 75.2 Å². The molecular weight excluding hydrogens is 352 g/mol. The molecule has 0 saturated heterocycles. The maximum Gasteiger partial charge on any atom is 0.272 e. The summed E-state index contributed by atoms with van der Waals surface area (Å²) < 4.78 is 0. The van der Waals surface area contributed by atoms with Gasteiger partial charge in [0.1, 0.15) is 5.69 Å². The first-order chi connectivity index (χ1) is 13.6. The Morgan fingerprint density at radius 2 is 1.86 bits per heavy atom. The summed E-state index contributed by atoms with van der Waals surface area (Å²) in [6.45, 7) is 2.78. The van der Waals surface area contributed by atoms with Crippen molar-refractivity contribution in [2.75, 3.05) is 11.9 Å². The van der Waals surface area contributed by atoms with Crippen molar-refractivity contribution in [3.05, 3.63) is 83.2 Å². The first-order valence-corrected chi connectivity index (χ1v) is 9.17. The predicted molar refractivity (Wildman–Crippen MR) is 107 cm³/mol. The van der Waals surface area contributed by atoms with Gasteiger partial charge in [0.25, 0.3) is 5.91 Å². The van der Waals surface area contributed by atoms with Gasteiger partial charge in [-0.1, -0.05) is 36.4 Å². The molecule has 28 heavy (non-hydrogen) atoms. The maximum absolute atomic E-state index is 12.9. The number of hydrogen-bond acceptors (Lipinski definition) is 5. The Morgan fingerprint density at radius 3 is 2.68 bits per heavy atom. The normalized spacial score (nSPS) is 13.0. The Labute approximate surface area is 163 Å². The van der Waals surface area contributed by atoms with E-state index in [-0.39, 0.29) is 11.7 Å². The highest BCUT2D eigenvalue weighted by Gasteiger charge is 2.22. The average Bonchev–Trinajstić information content (AvgIpc) is 2.73. The SMILES string of the molecule is CC(=O)c1cccc(Nc2nccc(C(=O)N3CCc4ccccc4C3)n2)c1. The summed E-state index contributed by atoms with van der Waals surface area (Å²) >= 11 is 0. The molecule has 1 amide bonds. The lowest BCUT2D eigenvalue weighted by molar-refractivity contribution is 0.0728. The van der Waals surface area contributed by atoms with E-state index in [2.05, 4.69) is 27.4 Å². The number of amides is 1. The van der Waals surface area contributed by atoms with Crippen LogP contribution in [0, 0.1) is 0 Å². The van der Waals surface area contributed by atoms with E-state index in [1.165, 1.54) is 18.1 Å². The fraction of sp³-hybridized carbons (Fsp3) is 0.182. The molecule has 0 bridgehead atoms. The van der Waals surface area contributed by atoms with Crippen molar-refractivity contribution in [1.29, 1.82) is 0 Å². The number of Topliss-reactive ketones (excluding diaryl/α,β-unsaturated/α-hetero) is 1. The van der Waals surface area contributed by atoms with Gasteiger partial charge in [-0.2, -0.15) is 0 Å².